The van der Waals surface area contributed by atoms with Crippen LogP contribution in [0.2, 0.25) is 0 Å². The first kappa shape index (κ1) is 28.9. The zero-order chi connectivity index (χ0) is 22.3. The maximum atomic E-state index is 12.0. The second-order valence-corrected chi connectivity index (χ2v) is 8.63. The van der Waals surface area contributed by atoms with Crippen LogP contribution in [0.4, 0.5) is 0 Å². The van der Waals surface area contributed by atoms with Crippen molar-refractivity contribution >= 4 is 11.9 Å². The molecular weight excluding hydrogens is 376 g/mol. The largest absolute Gasteiger partial charge is 0.466 e. The minimum absolute atomic E-state index is 0.0133. The van der Waals surface area contributed by atoms with Crippen LogP contribution in [-0.4, -0.2) is 25.2 Å². The molecule has 178 valence electrons. The Bertz CT molecular complexity index is 394. The molecular formula is C26H50O4. The van der Waals surface area contributed by atoms with Gasteiger partial charge in [-0.15, -0.1) is 0 Å². The van der Waals surface area contributed by atoms with Crippen LogP contribution in [0.3, 0.4) is 0 Å². The number of hydrogen-bond acceptors (Lipinski definition) is 4. The highest BCUT2D eigenvalue weighted by atomic mass is 16.5. The SMILES string of the molecule is CCCCOC(=O)CCCCCCCCCCCCCC(CC)C(=O)OCCCC. The molecule has 0 radical (unpaired) electrons. The number of carbonyl (C=O) groups excluding carboxylic acids is 2. The van der Waals surface area contributed by atoms with Gasteiger partial charge in [0.2, 0.25) is 0 Å². The predicted molar refractivity (Wildman–Crippen MR) is 126 cm³/mol. The molecule has 0 aliphatic rings. The summed E-state index contributed by atoms with van der Waals surface area (Å²) in [5.41, 5.74) is 0. The van der Waals surface area contributed by atoms with E-state index in [4.69, 9.17) is 9.47 Å². The molecule has 0 saturated heterocycles. The van der Waals surface area contributed by atoms with Gasteiger partial charge in [-0.25, -0.2) is 0 Å². The average molecular weight is 427 g/mol. The molecule has 0 rings (SSSR count). The first-order valence-corrected chi connectivity index (χ1v) is 13.0. The third-order valence-electron chi connectivity index (χ3n) is 5.76. The summed E-state index contributed by atoms with van der Waals surface area (Å²) < 4.78 is 10.5. The summed E-state index contributed by atoms with van der Waals surface area (Å²) in [7, 11) is 0. The van der Waals surface area contributed by atoms with Gasteiger partial charge in [-0.1, -0.05) is 97.8 Å². The van der Waals surface area contributed by atoms with Crippen LogP contribution < -0.4 is 0 Å². The molecule has 0 spiro atoms. The number of unbranched alkanes of at least 4 members (excludes halogenated alkanes) is 12. The van der Waals surface area contributed by atoms with Gasteiger partial charge < -0.3 is 9.47 Å². The fourth-order valence-corrected chi connectivity index (χ4v) is 3.58. The molecule has 0 saturated carbocycles. The molecule has 4 heteroatoms. The maximum Gasteiger partial charge on any atom is 0.308 e. The van der Waals surface area contributed by atoms with Crippen LogP contribution in [0.5, 0.6) is 0 Å². The van der Waals surface area contributed by atoms with E-state index in [0.717, 1.165) is 57.8 Å². The van der Waals surface area contributed by atoms with E-state index in [1.165, 1.54) is 51.4 Å². The van der Waals surface area contributed by atoms with Crippen molar-refractivity contribution in [3.63, 3.8) is 0 Å². The van der Waals surface area contributed by atoms with E-state index in [1.54, 1.807) is 0 Å². The monoisotopic (exact) mass is 426 g/mol. The lowest BCUT2D eigenvalue weighted by Gasteiger charge is -2.13. The summed E-state index contributed by atoms with van der Waals surface area (Å²) in [6, 6.07) is 0. The normalized spacial score (nSPS) is 12.0. The molecule has 0 heterocycles. The molecule has 0 aliphatic carbocycles. The third kappa shape index (κ3) is 18.9. The van der Waals surface area contributed by atoms with Crippen molar-refractivity contribution in [3.05, 3.63) is 0 Å². The van der Waals surface area contributed by atoms with E-state index in [0.29, 0.717) is 19.6 Å². The lowest BCUT2D eigenvalue weighted by atomic mass is 9.97. The van der Waals surface area contributed by atoms with E-state index >= 15 is 0 Å². The molecule has 4 nitrogen and oxygen atoms in total. The average Bonchev–Trinajstić information content (AvgIpc) is 2.74. The summed E-state index contributed by atoms with van der Waals surface area (Å²) in [6.07, 6.45) is 20.1. The molecule has 30 heavy (non-hydrogen) atoms. The van der Waals surface area contributed by atoms with E-state index in [2.05, 4.69) is 20.8 Å². The molecule has 0 fully saturated rings. The van der Waals surface area contributed by atoms with Crippen molar-refractivity contribution in [1.29, 1.82) is 0 Å². The number of carbonyl (C=O) groups is 2. The Labute approximate surface area is 186 Å². The molecule has 1 atom stereocenters. The van der Waals surface area contributed by atoms with Crippen molar-refractivity contribution in [1.82, 2.24) is 0 Å². The maximum absolute atomic E-state index is 12.0. The van der Waals surface area contributed by atoms with Gasteiger partial charge in [-0.2, -0.15) is 0 Å². The van der Waals surface area contributed by atoms with Crippen LogP contribution >= 0.6 is 0 Å². The van der Waals surface area contributed by atoms with Gasteiger partial charge in [-0.3, -0.25) is 9.59 Å². The van der Waals surface area contributed by atoms with E-state index < -0.39 is 0 Å². The predicted octanol–water partition coefficient (Wildman–Crippen LogP) is 7.77. The van der Waals surface area contributed by atoms with Crippen molar-refractivity contribution in [2.24, 2.45) is 5.92 Å². The first-order valence-electron chi connectivity index (χ1n) is 13.0. The van der Waals surface area contributed by atoms with E-state index in [-0.39, 0.29) is 17.9 Å². The fourth-order valence-electron chi connectivity index (χ4n) is 3.58. The first-order chi connectivity index (χ1) is 14.7. The lowest BCUT2D eigenvalue weighted by Crippen LogP contribution is -2.17. The smallest absolute Gasteiger partial charge is 0.308 e. The molecule has 1 unspecified atom stereocenters. The van der Waals surface area contributed by atoms with Crippen molar-refractivity contribution in [2.45, 2.75) is 136 Å². The number of esters is 2. The lowest BCUT2D eigenvalue weighted by molar-refractivity contribution is -0.149. The molecule has 0 aromatic heterocycles. The Kier molecular flexibility index (Phi) is 21.8. The Hall–Kier alpha value is -1.06. The highest BCUT2D eigenvalue weighted by Gasteiger charge is 2.17. The Balaban J connectivity index is 3.37. The van der Waals surface area contributed by atoms with Gasteiger partial charge in [0, 0.05) is 6.42 Å². The van der Waals surface area contributed by atoms with E-state index in [9.17, 15) is 9.59 Å². The standard InChI is InChI=1S/C26H50O4/c1-4-7-22-29-25(27)21-19-17-15-13-11-9-10-12-14-16-18-20-24(6-3)26(28)30-23-8-5-2/h24H,4-23H2,1-3H3. The van der Waals surface area contributed by atoms with Gasteiger partial charge in [-0.05, 0) is 32.1 Å². The molecule has 0 bridgehead atoms. The summed E-state index contributed by atoms with van der Waals surface area (Å²) in [4.78, 5) is 23.5. The van der Waals surface area contributed by atoms with Crippen LogP contribution in [-0.2, 0) is 19.1 Å². The minimum Gasteiger partial charge on any atom is -0.466 e. The van der Waals surface area contributed by atoms with Gasteiger partial charge in [0.1, 0.15) is 0 Å². The van der Waals surface area contributed by atoms with Crippen LogP contribution in [0.25, 0.3) is 0 Å². The summed E-state index contributed by atoms with van der Waals surface area (Å²) in [5, 5.41) is 0. The number of rotatable bonds is 22. The second-order valence-electron chi connectivity index (χ2n) is 8.63. The van der Waals surface area contributed by atoms with E-state index in [1.807, 2.05) is 0 Å². The van der Waals surface area contributed by atoms with Crippen LogP contribution in [0.1, 0.15) is 136 Å². The highest BCUT2D eigenvalue weighted by Crippen LogP contribution is 2.17. The van der Waals surface area contributed by atoms with Crippen molar-refractivity contribution < 1.29 is 19.1 Å². The van der Waals surface area contributed by atoms with Gasteiger partial charge in [0.15, 0.2) is 0 Å². The van der Waals surface area contributed by atoms with Gasteiger partial charge >= 0.3 is 11.9 Å². The zero-order valence-corrected chi connectivity index (χ0v) is 20.4. The van der Waals surface area contributed by atoms with Crippen LogP contribution in [0.15, 0.2) is 0 Å². The number of hydrogen-bond donors (Lipinski definition) is 0. The molecule has 0 aromatic carbocycles. The Morgan fingerprint density at radius 3 is 1.57 bits per heavy atom. The van der Waals surface area contributed by atoms with Gasteiger partial charge in [0.05, 0.1) is 19.1 Å². The molecule has 0 aliphatic heterocycles. The summed E-state index contributed by atoms with van der Waals surface area (Å²) in [6.45, 7) is 7.47. The Morgan fingerprint density at radius 1 is 0.600 bits per heavy atom. The van der Waals surface area contributed by atoms with Crippen molar-refractivity contribution in [2.75, 3.05) is 13.2 Å². The summed E-state index contributed by atoms with van der Waals surface area (Å²) >= 11 is 0. The van der Waals surface area contributed by atoms with Crippen molar-refractivity contribution in [3.8, 4) is 0 Å². The highest BCUT2D eigenvalue weighted by molar-refractivity contribution is 5.72. The molecule has 0 amide bonds. The number of ether oxygens (including phenoxy) is 2. The third-order valence-corrected chi connectivity index (χ3v) is 5.76. The zero-order valence-electron chi connectivity index (χ0n) is 20.4. The molecule has 0 aromatic rings. The van der Waals surface area contributed by atoms with Crippen LogP contribution in [0, 0.1) is 5.92 Å². The van der Waals surface area contributed by atoms with Gasteiger partial charge in [0.25, 0.3) is 0 Å². The summed E-state index contributed by atoms with van der Waals surface area (Å²) in [5.74, 6) is 0.0847. The fraction of sp³-hybridized carbons (Fsp3) is 0.923. The molecule has 0 N–H and O–H groups in total. The Morgan fingerprint density at radius 2 is 1.07 bits per heavy atom. The minimum atomic E-state index is -0.0258. The second kappa shape index (κ2) is 22.6. The topological polar surface area (TPSA) is 52.6 Å². The quantitative estimate of drug-likeness (QED) is 0.131.